The van der Waals surface area contributed by atoms with E-state index in [-0.39, 0.29) is 5.91 Å². The number of nitrogens with zero attached hydrogens (tertiary/aromatic N) is 2. The predicted octanol–water partition coefficient (Wildman–Crippen LogP) is 1.44. The Morgan fingerprint density at radius 2 is 2.47 bits per heavy atom. The lowest BCUT2D eigenvalue weighted by molar-refractivity contribution is 0.0928. The van der Waals surface area contributed by atoms with Crippen molar-refractivity contribution in [3.05, 3.63) is 54.8 Å². The minimum absolute atomic E-state index is 0.239. The van der Waals surface area contributed by atoms with Gasteiger partial charge in [0.25, 0.3) is 5.91 Å². The van der Waals surface area contributed by atoms with Gasteiger partial charge in [-0.25, -0.2) is 0 Å². The summed E-state index contributed by atoms with van der Waals surface area (Å²) in [5, 5.41) is 6.71. The summed E-state index contributed by atoms with van der Waals surface area (Å²) in [7, 11) is 0. The first-order valence-corrected chi connectivity index (χ1v) is 5.25. The molecule has 0 saturated carbocycles. The topological polar surface area (TPSA) is 60.1 Å². The Balaban J connectivity index is 2.00. The second kappa shape index (κ2) is 5.16. The van der Waals surface area contributed by atoms with Gasteiger partial charge in [-0.3, -0.25) is 9.48 Å². The third kappa shape index (κ3) is 2.84. The van der Waals surface area contributed by atoms with Gasteiger partial charge in [0.1, 0.15) is 5.76 Å². The van der Waals surface area contributed by atoms with Gasteiger partial charge in [0.2, 0.25) is 0 Å². The molecule has 0 bridgehead atoms. The van der Waals surface area contributed by atoms with Crippen LogP contribution in [-0.4, -0.2) is 22.2 Å². The maximum Gasteiger partial charge on any atom is 0.287 e. The molecule has 5 heteroatoms. The number of carbonyl (C=O) groups is 1. The Bertz CT molecular complexity index is 500. The van der Waals surface area contributed by atoms with Crippen LogP contribution < -0.4 is 5.32 Å². The average molecular weight is 231 g/mol. The molecule has 2 heterocycles. The highest BCUT2D eigenvalue weighted by atomic mass is 16.4. The molecule has 0 atom stereocenters. The summed E-state index contributed by atoms with van der Waals surface area (Å²) in [6.45, 7) is 4.46. The van der Waals surface area contributed by atoms with Crippen molar-refractivity contribution in [1.82, 2.24) is 15.1 Å². The zero-order valence-corrected chi connectivity index (χ0v) is 9.30. The van der Waals surface area contributed by atoms with Gasteiger partial charge in [-0.2, -0.15) is 5.10 Å². The van der Waals surface area contributed by atoms with Crippen LogP contribution in [0.1, 0.15) is 16.3 Å². The first-order valence-electron chi connectivity index (χ1n) is 5.25. The molecule has 5 nitrogen and oxygen atoms in total. The van der Waals surface area contributed by atoms with Crippen molar-refractivity contribution in [3.8, 4) is 0 Å². The molecule has 0 aliphatic carbocycles. The van der Waals surface area contributed by atoms with Gasteiger partial charge in [-0.05, 0) is 18.2 Å². The molecule has 2 aromatic heterocycles. The van der Waals surface area contributed by atoms with Crippen LogP contribution in [0.5, 0.6) is 0 Å². The number of rotatable bonds is 5. The van der Waals surface area contributed by atoms with E-state index >= 15 is 0 Å². The summed E-state index contributed by atoms with van der Waals surface area (Å²) in [6, 6.07) is 5.25. The van der Waals surface area contributed by atoms with Crippen molar-refractivity contribution in [3.63, 3.8) is 0 Å². The first kappa shape index (κ1) is 11.2. The van der Waals surface area contributed by atoms with E-state index in [1.807, 2.05) is 12.3 Å². The lowest BCUT2D eigenvalue weighted by Gasteiger charge is -1.99. The van der Waals surface area contributed by atoms with E-state index in [9.17, 15) is 4.79 Å². The van der Waals surface area contributed by atoms with Crippen molar-refractivity contribution in [1.29, 1.82) is 0 Å². The third-order valence-electron chi connectivity index (χ3n) is 2.17. The second-order valence-corrected chi connectivity index (χ2v) is 3.47. The first-order chi connectivity index (χ1) is 8.29. The molecule has 1 amide bonds. The van der Waals surface area contributed by atoms with E-state index in [0.717, 1.165) is 0 Å². The molecule has 0 spiro atoms. The number of carbonyl (C=O) groups excluding carboxylic acids is 1. The number of aromatic nitrogens is 2. The Morgan fingerprint density at radius 1 is 1.59 bits per heavy atom. The van der Waals surface area contributed by atoms with Crippen LogP contribution in [0, 0.1) is 0 Å². The van der Waals surface area contributed by atoms with Gasteiger partial charge in [-0.15, -0.1) is 6.58 Å². The zero-order valence-electron chi connectivity index (χ0n) is 9.30. The fraction of sp³-hybridized carbons (Fsp3) is 0.167. The molecule has 0 unspecified atom stereocenters. The van der Waals surface area contributed by atoms with Crippen molar-refractivity contribution >= 4 is 5.91 Å². The van der Waals surface area contributed by atoms with Crippen molar-refractivity contribution in [2.45, 2.75) is 6.54 Å². The molecule has 88 valence electrons. The average Bonchev–Trinajstić information content (AvgIpc) is 2.98. The number of amides is 1. The largest absolute Gasteiger partial charge is 0.454 e. The van der Waals surface area contributed by atoms with Gasteiger partial charge >= 0.3 is 0 Å². The maximum atomic E-state index is 11.5. The normalized spacial score (nSPS) is 10.1. The molecule has 0 aliphatic heterocycles. The van der Waals surface area contributed by atoms with Crippen LogP contribution in [0.2, 0.25) is 0 Å². The van der Waals surface area contributed by atoms with Crippen LogP contribution in [-0.2, 0) is 6.54 Å². The highest BCUT2D eigenvalue weighted by Gasteiger charge is 2.10. The van der Waals surface area contributed by atoms with Crippen LogP contribution in [0.4, 0.5) is 0 Å². The molecular weight excluding hydrogens is 218 g/mol. The van der Waals surface area contributed by atoms with Crippen molar-refractivity contribution in [2.75, 3.05) is 6.54 Å². The Labute approximate surface area is 98.7 Å². The zero-order chi connectivity index (χ0) is 12.1. The van der Waals surface area contributed by atoms with E-state index in [1.165, 1.54) is 0 Å². The van der Waals surface area contributed by atoms with Gasteiger partial charge in [-0.1, -0.05) is 6.08 Å². The van der Waals surface area contributed by atoms with Crippen LogP contribution in [0.25, 0.3) is 0 Å². The molecule has 17 heavy (non-hydrogen) atoms. The van der Waals surface area contributed by atoms with E-state index in [0.29, 0.717) is 24.6 Å². The van der Waals surface area contributed by atoms with Gasteiger partial charge in [0.15, 0.2) is 5.76 Å². The standard InChI is InChI=1S/C12H13N3O2/c1-2-6-13-12(16)11-5-4-10(17-11)9-15-8-3-7-14-15/h2-5,7-8H,1,6,9H2,(H,13,16). The SMILES string of the molecule is C=CCNC(=O)c1ccc(Cn2cccn2)o1. The lowest BCUT2D eigenvalue weighted by atomic mass is 10.4. The second-order valence-electron chi connectivity index (χ2n) is 3.47. The molecule has 0 saturated heterocycles. The van der Waals surface area contributed by atoms with E-state index < -0.39 is 0 Å². The van der Waals surface area contributed by atoms with Gasteiger partial charge in [0, 0.05) is 18.9 Å². The van der Waals surface area contributed by atoms with Gasteiger partial charge < -0.3 is 9.73 Å². The molecule has 0 radical (unpaired) electrons. The van der Waals surface area contributed by atoms with Crippen molar-refractivity contribution < 1.29 is 9.21 Å². The molecule has 1 N–H and O–H groups in total. The highest BCUT2D eigenvalue weighted by Crippen LogP contribution is 2.09. The van der Waals surface area contributed by atoms with E-state index in [2.05, 4.69) is 17.0 Å². The molecule has 0 fully saturated rings. The van der Waals surface area contributed by atoms with Crippen LogP contribution >= 0.6 is 0 Å². The molecule has 0 aliphatic rings. The number of nitrogens with one attached hydrogen (secondary N) is 1. The molecule has 0 aromatic carbocycles. The summed E-state index contributed by atoms with van der Waals surface area (Å²) >= 11 is 0. The highest BCUT2D eigenvalue weighted by molar-refractivity contribution is 5.91. The van der Waals surface area contributed by atoms with E-state index in [4.69, 9.17) is 4.42 Å². The monoisotopic (exact) mass is 231 g/mol. The smallest absolute Gasteiger partial charge is 0.287 e. The Hall–Kier alpha value is -2.30. The summed E-state index contributed by atoms with van der Waals surface area (Å²) < 4.78 is 7.14. The Morgan fingerprint density at radius 3 is 3.18 bits per heavy atom. The fourth-order valence-electron chi connectivity index (χ4n) is 1.39. The summed E-state index contributed by atoms with van der Waals surface area (Å²) in [4.78, 5) is 11.5. The van der Waals surface area contributed by atoms with E-state index in [1.54, 1.807) is 29.1 Å². The maximum absolute atomic E-state index is 11.5. The summed E-state index contributed by atoms with van der Waals surface area (Å²) in [5.41, 5.74) is 0. The number of hydrogen-bond acceptors (Lipinski definition) is 3. The molecular formula is C12H13N3O2. The summed E-state index contributed by atoms with van der Waals surface area (Å²) in [6.07, 6.45) is 5.14. The fourth-order valence-corrected chi connectivity index (χ4v) is 1.39. The minimum atomic E-state index is -0.239. The predicted molar refractivity (Wildman–Crippen MR) is 62.6 cm³/mol. The van der Waals surface area contributed by atoms with Crippen LogP contribution in [0.15, 0.2) is 47.7 Å². The number of hydrogen-bond donors (Lipinski definition) is 1. The van der Waals surface area contributed by atoms with Gasteiger partial charge in [0.05, 0.1) is 6.54 Å². The van der Waals surface area contributed by atoms with Crippen molar-refractivity contribution in [2.24, 2.45) is 0 Å². The minimum Gasteiger partial charge on any atom is -0.454 e. The molecule has 2 rings (SSSR count). The molecule has 2 aromatic rings. The third-order valence-corrected chi connectivity index (χ3v) is 2.17. The van der Waals surface area contributed by atoms with Crippen LogP contribution in [0.3, 0.4) is 0 Å². The summed E-state index contributed by atoms with van der Waals surface area (Å²) in [5.74, 6) is 0.753. The number of furan rings is 1. The lowest BCUT2D eigenvalue weighted by Crippen LogP contribution is -2.22. The Kier molecular flexibility index (Phi) is 3.40. The quantitative estimate of drug-likeness (QED) is 0.792.